The number of rotatable bonds is 3. The lowest BCUT2D eigenvalue weighted by Crippen LogP contribution is -2.39. The number of aromatic nitrogens is 4. The topological polar surface area (TPSA) is 86.8 Å². The molecule has 0 spiro atoms. The molecule has 0 fully saturated rings. The van der Waals surface area contributed by atoms with E-state index in [0.29, 0.717) is 18.8 Å². The molecule has 1 aliphatic rings. The van der Waals surface area contributed by atoms with E-state index in [0.717, 1.165) is 17.0 Å². The van der Waals surface area contributed by atoms with Gasteiger partial charge in [-0.05, 0) is 17.7 Å². The Labute approximate surface area is 166 Å². The predicted octanol–water partition coefficient (Wildman–Crippen LogP) is 2.68. The maximum Gasteiger partial charge on any atom is 0.272 e. The van der Waals surface area contributed by atoms with Gasteiger partial charge in [0.05, 0.1) is 29.9 Å². The number of carbonyl (C=O) groups is 1. The summed E-state index contributed by atoms with van der Waals surface area (Å²) < 4.78 is 1.38. The van der Waals surface area contributed by atoms with Crippen LogP contribution >= 0.6 is 0 Å². The van der Waals surface area contributed by atoms with Crippen molar-refractivity contribution in [3.05, 3.63) is 106 Å². The molecule has 144 valence electrons. The van der Waals surface area contributed by atoms with Gasteiger partial charge < -0.3 is 9.88 Å². The number of H-pyrrole nitrogens is 2. The zero-order chi connectivity index (χ0) is 19.8. The minimum Gasteiger partial charge on any atom is -0.347 e. The number of benzene rings is 2. The van der Waals surface area contributed by atoms with Gasteiger partial charge in [0.2, 0.25) is 0 Å². The van der Waals surface area contributed by atoms with E-state index in [2.05, 4.69) is 15.1 Å². The van der Waals surface area contributed by atoms with Crippen LogP contribution in [0.3, 0.4) is 0 Å². The summed E-state index contributed by atoms with van der Waals surface area (Å²) in [6.45, 7) is 0.926. The van der Waals surface area contributed by atoms with Crippen molar-refractivity contribution in [3.8, 4) is 5.69 Å². The molecular formula is C22H19N5O2. The van der Waals surface area contributed by atoms with Gasteiger partial charge in [0.25, 0.3) is 11.5 Å². The second-order valence-electron chi connectivity index (χ2n) is 7.09. The van der Waals surface area contributed by atoms with Crippen LogP contribution in [0.4, 0.5) is 0 Å². The molecule has 0 radical (unpaired) electrons. The standard InChI is InChI=1S/C22H19N5O2/c28-20-11-18(25-27(20)16-9-5-2-6-10-16)22(29)26-12-17(15-7-3-1-4-8-15)21-19(13-26)23-14-24-21/h1-11,14,17,25H,12-13H2,(H,23,24). The Kier molecular flexibility index (Phi) is 4.13. The van der Waals surface area contributed by atoms with Gasteiger partial charge in [0.15, 0.2) is 0 Å². The predicted molar refractivity (Wildman–Crippen MR) is 108 cm³/mol. The third-order valence-electron chi connectivity index (χ3n) is 5.29. The van der Waals surface area contributed by atoms with Crippen LogP contribution in [0.15, 0.2) is 77.9 Å². The SMILES string of the molecule is O=C(c1cc(=O)n(-c2ccccc2)[nH]1)N1Cc2[nH]cnc2C(c2ccccc2)C1. The minimum absolute atomic E-state index is 0.0157. The second kappa shape index (κ2) is 6.94. The van der Waals surface area contributed by atoms with Crippen LogP contribution in [-0.4, -0.2) is 37.1 Å². The highest BCUT2D eigenvalue weighted by molar-refractivity contribution is 5.92. The van der Waals surface area contributed by atoms with Crippen LogP contribution in [0.5, 0.6) is 0 Å². The summed E-state index contributed by atoms with van der Waals surface area (Å²) in [5.41, 5.74) is 3.69. The summed E-state index contributed by atoms with van der Waals surface area (Å²) >= 11 is 0. The highest BCUT2D eigenvalue weighted by Crippen LogP contribution is 2.31. The first-order valence-electron chi connectivity index (χ1n) is 9.44. The third kappa shape index (κ3) is 3.06. The molecule has 2 aromatic heterocycles. The van der Waals surface area contributed by atoms with Crippen molar-refractivity contribution < 1.29 is 4.79 Å². The number of hydrogen-bond acceptors (Lipinski definition) is 3. The Balaban J connectivity index is 1.47. The highest BCUT2D eigenvalue weighted by Gasteiger charge is 2.32. The number of carbonyl (C=O) groups excluding carboxylic acids is 1. The maximum absolute atomic E-state index is 13.2. The van der Waals surface area contributed by atoms with E-state index < -0.39 is 0 Å². The van der Waals surface area contributed by atoms with Crippen LogP contribution in [0.2, 0.25) is 0 Å². The lowest BCUT2D eigenvalue weighted by Gasteiger charge is -2.32. The fourth-order valence-electron chi connectivity index (χ4n) is 3.87. The van der Waals surface area contributed by atoms with Crippen molar-refractivity contribution in [1.82, 2.24) is 24.6 Å². The number of nitrogens with zero attached hydrogens (tertiary/aromatic N) is 3. The molecule has 0 aliphatic carbocycles. The number of hydrogen-bond donors (Lipinski definition) is 2. The van der Waals surface area contributed by atoms with E-state index in [1.54, 1.807) is 11.2 Å². The van der Waals surface area contributed by atoms with Gasteiger partial charge in [-0.25, -0.2) is 9.67 Å². The largest absolute Gasteiger partial charge is 0.347 e. The Hall–Kier alpha value is -3.87. The van der Waals surface area contributed by atoms with Crippen molar-refractivity contribution in [3.63, 3.8) is 0 Å². The molecule has 7 heteroatoms. The molecule has 1 unspecified atom stereocenters. The van der Waals surface area contributed by atoms with Gasteiger partial charge in [-0.3, -0.25) is 14.7 Å². The van der Waals surface area contributed by atoms with Crippen LogP contribution in [0.25, 0.3) is 5.69 Å². The van der Waals surface area contributed by atoms with E-state index in [1.165, 1.54) is 10.7 Å². The van der Waals surface area contributed by atoms with Gasteiger partial charge in [0.1, 0.15) is 5.69 Å². The molecule has 5 rings (SSSR count). The average Bonchev–Trinajstić information content (AvgIpc) is 3.40. The fourth-order valence-corrected chi connectivity index (χ4v) is 3.87. The van der Waals surface area contributed by atoms with Gasteiger partial charge in [0, 0.05) is 18.5 Å². The molecule has 2 aromatic carbocycles. The molecule has 0 bridgehead atoms. The smallest absolute Gasteiger partial charge is 0.272 e. The van der Waals surface area contributed by atoms with Gasteiger partial charge in [-0.2, -0.15) is 0 Å². The Morgan fingerprint density at radius 2 is 1.76 bits per heavy atom. The van der Waals surface area contributed by atoms with Crippen LogP contribution < -0.4 is 5.56 Å². The molecular weight excluding hydrogens is 366 g/mol. The van der Waals surface area contributed by atoms with E-state index in [-0.39, 0.29) is 23.1 Å². The van der Waals surface area contributed by atoms with Crippen molar-refractivity contribution >= 4 is 5.91 Å². The van der Waals surface area contributed by atoms with Gasteiger partial charge in [-0.1, -0.05) is 48.5 Å². The van der Waals surface area contributed by atoms with E-state index in [4.69, 9.17) is 0 Å². The zero-order valence-electron chi connectivity index (χ0n) is 15.6. The summed E-state index contributed by atoms with van der Waals surface area (Å²) in [6.07, 6.45) is 1.67. The fraction of sp³-hybridized carbons (Fsp3) is 0.136. The normalized spacial score (nSPS) is 15.9. The molecule has 7 nitrogen and oxygen atoms in total. The first kappa shape index (κ1) is 17.2. The molecule has 4 aromatic rings. The third-order valence-corrected chi connectivity index (χ3v) is 5.29. The second-order valence-corrected chi connectivity index (χ2v) is 7.09. The average molecular weight is 385 g/mol. The Morgan fingerprint density at radius 3 is 2.52 bits per heavy atom. The van der Waals surface area contributed by atoms with E-state index in [9.17, 15) is 9.59 Å². The first-order valence-corrected chi connectivity index (χ1v) is 9.44. The van der Waals surface area contributed by atoms with Gasteiger partial charge in [-0.15, -0.1) is 0 Å². The summed E-state index contributed by atoms with van der Waals surface area (Å²) in [5.74, 6) is -0.226. The molecule has 0 saturated heterocycles. The van der Waals surface area contributed by atoms with Crippen LogP contribution in [-0.2, 0) is 6.54 Å². The molecule has 0 saturated carbocycles. The summed E-state index contributed by atoms with van der Waals surface area (Å²) in [5, 5.41) is 2.95. The number of amides is 1. The number of fused-ring (bicyclic) bond motifs is 1. The van der Waals surface area contributed by atoms with Crippen molar-refractivity contribution in [2.24, 2.45) is 0 Å². The summed E-state index contributed by atoms with van der Waals surface area (Å²) in [6, 6.07) is 20.6. The molecule has 1 aliphatic heterocycles. The van der Waals surface area contributed by atoms with Crippen molar-refractivity contribution in [1.29, 1.82) is 0 Å². The van der Waals surface area contributed by atoms with Crippen molar-refractivity contribution in [2.45, 2.75) is 12.5 Å². The zero-order valence-corrected chi connectivity index (χ0v) is 15.6. The Bertz CT molecular complexity index is 1210. The van der Waals surface area contributed by atoms with Crippen LogP contribution in [0.1, 0.15) is 33.4 Å². The monoisotopic (exact) mass is 385 g/mol. The number of para-hydroxylation sites is 1. The quantitative estimate of drug-likeness (QED) is 0.568. The van der Waals surface area contributed by atoms with Crippen LogP contribution in [0, 0.1) is 0 Å². The van der Waals surface area contributed by atoms with Gasteiger partial charge >= 0.3 is 0 Å². The molecule has 1 amide bonds. The molecule has 2 N–H and O–H groups in total. The lowest BCUT2D eigenvalue weighted by molar-refractivity contribution is 0.0715. The minimum atomic E-state index is -0.265. The van der Waals surface area contributed by atoms with E-state index in [1.807, 2.05) is 60.7 Å². The Morgan fingerprint density at radius 1 is 1.03 bits per heavy atom. The van der Waals surface area contributed by atoms with Crippen molar-refractivity contribution in [2.75, 3.05) is 6.54 Å². The molecule has 3 heterocycles. The highest BCUT2D eigenvalue weighted by atomic mass is 16.2. The number of imidazole rings is 1. The molecule has 1 atom stereocenters. The summed E-state index contributed by atoms with van der Waals surface area (Å²) in [4.78, 5) is 35.0. The van der Waals surface area contributed by atoms with E-state index >= 15 is 0 Å². The first-order chi connectivity index (χ1) is 14.2. The number of nitrogens with one attached hydrogen (secondary N) is 2. The maximum atomic E-state index is 13.2. The molecule has 29 heavy (non-hydrogen) atoms. The lowest BCUT2D eigenvalue weighted by atomic mass is 9.91. The summed E-state index contributed by atoms with van der Waals surface area (Å²) in [7, 11) is 0. The number of aromatic amines is 2.